The highest BCUT2D eigenvalue weighted by Gasteiger charge is 2.10. The lowest BCUT2D eigenvalue weighted by Crippen LogP contribution is -2.15. The van der Waals surface area contributed by atoms with Gasteiger partial charge in [0.1, 0.15) is 5.69 Å². The maximum absolute atomic E-state index is 11.5. The minimum atomic E-state index is -0.365. The summed E-state index contributed by atoms with van der Waals surface area (Å²) in [7, 11) is 1.35. The summed E-state index contributed by atoms with van der Waals surface area (Å²) in [6, 6.07) is 7.12. The van der Waals surface area contributed by atoms with Crippen molar-refractivity contribution in [2.24, 2.45) is 0 Å². The molecule has 1 N–H and O–H groups in total. The highest BCUT2D eigenvalue weighted by molar-refractivity contribution is 7.98. The van der Waals surface area contributed by atoms with Crippen molar-refractivity contribution in [1.82, 2.24) is 24.8 Å². The lowest BCUT2D eigenvalue weighted by atomic mass is 10.1. The normalized spacial score (nSPS) is 10.9. The molecule has 0 aliphatic carbocycles. The number of aryl methyl sites for hydroxylation is 1. The predicted molar refractivity (Wildman–Crippen MR) is 83.5 cm³/mol. The number of hydrogen-bond donors (Lipinski definition) is 1. The monoisotopic (exact) mass is 331 g/mol. The van der Waals surface area contributed by atoms with Crippen LogP contribution >= 0.6 is 11.8 Å². The Kier molecular flexibility index (Phi) is 4.11. The van der Waals surface area contributed by atoms with Crippen molar-refractivity contribution in [2.45, 2.75) is 17.8 Å². The van der Waals surface area contributed by atoms with Gasteiger partial charge in [-0.05, 0) is 24.6 Å². The Morgan fingerprint density at radius 2 is 2.04 bits per heavy atom. The first kappa shape index (κ1) is 15.2. The summed E-state index contributed by atoms with van der Waals surface area (Å²) in [5, 5.41) is 12.7. The van der Waals surface area contributed by atoms with Crippen LogP contribution in [0.3, 0.4) is 0 Å². The smallest absolute Gasteiger partial charge is 0.337 e. The molecular weight excluding hydrogens is 318 g/mol. The van der Waals surface area contributed by atoms with Crippen molar-refractivity contribution in [3.05, 3.63) is 51.4 Å². The second-order valence-corrected chi connectivity index (χ2v) is 5.68. The Balaban J connectivity index is 1.77. The summed E-state index contributed by atoms with van der Waals surface area (Å²) in [4.78, 5) is 25.5. The minimum absolute atomic E-state index is 0.278. The van der Waals surface area contributed by atoms with Gasteiger partial charge in [-0.15, -0.1) is 10.2 Å². The van der Waals surface area contributed by atoms with Crippen molar-refractivity contribution in [1.29, 1.82) is 0 Å². The van der Waals surface area contributed by atoms with E-state index in [2.05, 4.69) is 25.0 Å². The summed E-state index contributed by atoms with van der Waals surface area (Å²) < 4.78 is 6.17. The summed E-state index contributed by atoms with van der Waals surface area (Å²) in [6.45, 7) is 1.62. The van der Waals surface area contributed by atoms with E-state index in [-0.39, 0.29) is 11.5 Å². The van der Waals surface area contributed by atoms with Crippen LogP contribution in [0, 0.1) is 6.92 Å². The zero-order chi connectivity index (χ0) is 16.4. The second kappa shape index (κ2) is 6.21. The number of ether oxygens (including phenoxy) is 1. The summed E-state index contributed by atoms with van der Waals surface area (Å²) in [6.07, 6.45) is 0. The van der Waals surface area contributed by atoms with Crippen LogP contribution in [-0.4, -0.2) is 37.9 Å². The van der Waals surface area contributed by atoms with Gasteiger partial charge in [-0.1, -0.05) is 23.9 Å². The number of nitrogens with one attached hydrogen (secondary N) is 1. The fourth-order valence-corrected chi connectivity index (χ4v) is 2.75. The Hall–Kier alpha value is -2.68. The number of carbonyl (C=O) groups is 1. The van der Waals surface area contributed by atoms with Gasteiger partial charge in [0.2, 0.25) is 5.16 Å². The maximum atomic E-state index is 11.5. The molecule has 0 radical (unpaired) electrons. The second-order valence-electron chi connectivity index (χ2n) is 4.73. The standard InChI is InChI=1S/C14H13N5O3S/c1-8-11(20)15-13-16-17-14(19(13)18-8)23-7-9-3-5-10(6-4-9)12(21)22-2/h3-6H,7H2,1-2H3,(H,15,16,20). The van der Waals surface area contributed by atoms with E-state index in [9.17, 15) is 9.59 Å². The molecule has 1 aromatic carbocycles. The molecule has 3 rings (SSSR count). The number of aromatic nitrogens is 5. The average Bonchev–Trinajstić information content (AvgIpc) is 2.95. The molecule has 8 nitrogen and oxygen atoms in total. The number of hydrogen-bond acceptors (Lipinski definition) is 7. The first-order chi connectivity index (χ1) is 11.1. The number of carbonyl (C=O) groups excluding carboxylic acids is 1. The molecule has 0 aliphatic rings. The summed E-state index contributed by atoms with van der Waals surface area (Å²) in [5.74, 6) is 0.572. The van der Waals surface area contributed by atoms with Crippen LogP contribution in [-0.2, 0) is 10.5 Å². The summed E-state index contributed by atoms with van der Waals surface area (Å²) in [5.41, 5.74) is 1.59. The first-order valence-electron chi connectivity index (χ1n) is 6.71. The molecule has 2 heterocycles. The molecule has 0 aliphatic heterocycles. The number of esters is 1. The van der Waals surface area contributed by atoms with Crippen molar-refractivity contribution in [3.8, 4) is 0 Å². The molecule has 0 amide bonds. The molecule has 0 fully saturated rings. The van der Waals surface area contributed by atoms with E-state index in [0.29, 0.717) is 27.9 Å². The molecule has 3 aromatic rings. The molecule has 23 heavy (non-hydrogen) atoms. The molecule has 118 valence electrons. The van der Waals surface area contributed by atoms with Crippen molar-refractivity contribution in [2.75, 3.05) is 7.11 Å². The number of thioether (sulfide) groups is 1. The van der Waals surface area contributed by atoms with E-state index < -0.39 is 0 Å². The third-order valence-corrected chi connectivity index (χ3v) is 4.15. The first-order valence-corrected chi connectivity index (χ1v) is 7.69. The number of aromatic amines is 1. The van der Waals surface area contributed by atoms with Gasteiger partial charge >= 0.3 is 5.97 Å². The van der Waals surface area contributed by atoms with Gasteiger partial charge in [0.15, 0.2) is 0 Å². The fraction of sp³-hybridized carbons (Fsp3) is 0.214. The van der Waals surface area contributed by atoms with Crippen LogP contribution in [0.25, 0.3) is 5.78 Å². The molecule has 0 unspecified atom stereocenters. The van der Waals surface area contributed by atoms with E-state index in [1.807, 2.05) is 12.1 Å². The molecule has 0 saturated carbocycles. The highest BCUT2D eigenvalue weighted by Crippen LogP contribution is 2.20. The zero-order valence-electron chi connectivity index (χ0n) is 12.4. The third kappa shape index (κ3) is 3.09. The number of rotatable bonds is 4. The number of nitrogens with zero attached hydrogens (tertiary/aromatic N) is 4. The Bertz CT molecular complexity index is 916. The quantitative estimate of drug-likeness (QED) is 0.566. The number of methoxy groups -OCH3 is 1. The Morgan fingerprint density at radius 3 is 2.74 bits per heavy atom. The van der Waals surface area contributed by atoms with Crippen molar-refractivity contribution < 1.29 is 9.53 Å². The van der Waals surface area contributed by atoms with Gasteiger partial charge in [-0.25, -0.2) is 4.79 Å². The van der Waals surface area contributed by atoms with E-state index in [4.69, 9.17) is 0 Å². The topological polar surface area (TPSA) is 102 Å². The predicted octanol–water partition coefficient (Wildman–Crippen LogP) is 1.20. The Labute approximate surface area is 134 Å². The molecular formula is C14H13N5O3S. The number of H-pyrrole nitrogens is 1. The van der Waals surface area contributed by atoms with Crippen LogP contribution in [0.1, 0.15) is 21.6 Å². The van der Waals surface area contributed by atoms with Crippen molar-refractivity contribution in [3.63, 3.8) is 0 Å². The van der Waals surface area contributed by atoms with E-state index in [1.54, 1.807) is 19.1 Å². The van der Waals surface area contributed by atoms with Gasteiger partial charge in [0.25, 0.3) is 11.3 Å². The van der Waals surface area contributed by atoms with Gasteiger partial charge in [0.05, 0.1) is 12.7 Å². The van der Waals surface area contributed by atoms with E-state index in [1.165, 1.54) is 23.4 Å². The lowest BCUT2D eigenvalue weighted by Gasteiger charge is -2.02. The van der Waals surface area contributed by atoms with E-state index in [0.717, 1.165) is 5.56 Å². The van der Waals surface area contributed by atoms with E-state index >= 15 is 0 Å². The van der Waals surface area contributed by atoms with Crippen LogP contribution in [0.5, 0.6) is 0 Å². The highest BCUT2D eigenvalue weighted by atomic mass is 32.2. The largest absolute Gasteiger partial charge is 0.465 e. The Morgan fingerprint density at radius 1 is 1.30 bits per heavy atom. The average molecular weight is 331 g/mol. The molecule has 2 aromatic heterocycles. The van der Waals surface area contributed by atoms with Crippen LogP contribution < -0.4 is 5.56 Å². The zero-order valence-corrected chi connectivity index (χ0v) is 13.3. The van der Waals surface area contributed by atoms with Crippen LogP contribution in [0.2, 0.25) is 0 Å². The summed E-state index contributed by atoms with van der Waals surface area (Å²) >= 11 is 1.43. The molecule has 0 atom stereocenters. The lowest BCUT2D eigenvalue weighted by molar-refractivity contribution is 0.0600. The number of benzene rings is 1. The van der Waals surface area contributed by atoms with Gasteiger partial charge in [-0.2, -0.15) is 9.61 Å². The molecule has 0 saturated heterocycles. The van der Waals surface area contributed by atoms with Gasteiger partial charge < -0.3 is 4.74 Å². The van der Waals surface area contributed by atoms with Gasteiger partial charge in [-0.3, -0.25) is 9.78 Å². The fourth-order valence-electron chi connectivity index (χ4n) is 1.91. The van der Waals surface area contributed by atoms with Gasteiger partial charge in [0, 0.05) is 5.75 Å². The molecule has 0 spiro atoms. The minimum Gasteiger partial charge on any atom is -0.465 e. The SMILES string of the molecule is COC(=O)c1ccc(CSc2nnc3[nH]c(=O)c(C)nn23)cc1. The van der Waals surface area contributed by atoms with Crippen LogP contribution in [0.4, 0.5) is 0 Å². The third-order valence-electron chi connectivity index (χ3n) is 3.16. The van der Waals surface area contributed by atoms with Crippen LogP contribution in [0.15, 0.2) is 34.2 Å². The molecule has 9 heteroatoms. The number of fused-ring (bicyclic) bond motifs is 1. The maximum Gasteiger partial charge on any atom is 0.337 e. The van der Waals surface area contributed by atoms with Crippen molar-refractivity contribution >= 4 is 23.5 Å². The molecule has 0 bridgehead atoms.